The van der Waals surface area contributed by atoms with Crippen LogP contribution in [0.15, 0.2) is 30.5 Å². The molecule has 0 saturated heterocycles. The zero-order valence-corrected chi connectivity index (χ0v) is 13.6. The molecule has 0 aliphatic rings. The molecule has 0 fully saturated rings. The van der Waals surface area contributed by atoms with E-state index >= 15 is 0 Å². The van der Waals surface area contributed by atoms with E-state index in [0.717, 1.165) is 11.3 Å². The van der Waals surface area contributed by atoms with Crippen molar-refractivity contribution in [2.24, 2.45) is 0 Å². The molecule has 1 aromatic carbocycles. The Balaban J connectivity index is 2.26. The Kier molecular flexibility index (Phi) is 4.07. The number of aromatic carboxylic acids is 1. The van der Waals surface area contributed by atoms with Gasteiger partial charge in [-0.1, -0.05) is 6.92 Å². The van der Waals surface area contributed by atoms with Crippen LogP contribution in [0.4, 0.5) is 0 Å². The van der Waals surface area contributed by atoms with E-state index in [4.69, 9.17) is 9.47 Å². The quantitative estimate of drug-likeness (QED) is 0.775. The number of carboxylic acids is 1. The van der Waals surface area contributed by atoms with Gasteiger partial charge < -0.3 is 14.6 Å². The summed E-state index contributed by atoms with van der Waals surface area (Å²) >= 11 is 0. The van der Waals surface area contributed by atoms with Gasteiger partial charge in [0.15, 0.2) is 17.1 Å². The van der Waals surface area contributed by atoms with E-state index < -0.39 is 5.97 Å². The molecule has 24 heavy (non-hydrogen) atoms. The highest BCUT2D eigenvalue weighted by atomic mass is 16.5. The lowest BCUT2D eigenvalue weighted by Gasteiger charge is -2.10. The Labute approximate surface area is 138 Å². The van der Waals surface area contributed by atoms with Gasteiger partial charge in [0.05, 0.1) is 25.6 Å². The molecular formula is C17H17N3O4. The number of carbonyl (C=O) groups is 1. The van der Waals surface area contributed by atoms with Crippen molar-refractivity contribution in [3.05, 3.63) is 41.7 Å². The topological polar surface area (TPSA) is 86.0 Å². The van der Waals surface area contributed by atoms with Crippen molar-refractivity contribution in [3.63, 3.8) is 0 Å². The Morgan fingerprint density at radius 1 is 1.21 bits per heavy atom. The molecule has 0 aliphatic carbocycles. The van der Waals surface area contributed by atoms with Crippen LogP contribution in [0.3, 0.4) is 0 Å². The van der Waals surface area contributed by atoms with Crippen molar-refractivity contribution >= 4 is 11.6 Å². The van der Waals surface area contributed by atoms with Gasteiger partial charge in [-0.25, -0.2) is 14.3 Å². The van der Waals surface area contributed by atoms with E-state index in [0.29, 0.717) is 29.3 Å². The minimum atomic E-state index is -1.03. The number of fused-ring (bicyclic) bond motifs is 1. The summed E-state index contributed by atoms with van der Waals surface area (Å²) in [4.78, 5) is 15.8. The van der Waals surface area contributed by atoms with Gasteiger partial charge in [-0.3, -0.25) is 0 Å². The molecule has 0 atom stereocenters. The van der Waals surface area contributed by atoms with Crippen molar-refractivity contribution < 1.29 is 19.4 Å². The minimum Gasteiger partial charge on any atom is -0.493 e. The van der Waals surface area contributed by atoms with E-state index in [-0.39, 0.29) is 5.56 Å². The second-order valence-corrected chi connectivity index (χ2v) is 5.12. The maximum Gasteiger partial charge on any atom is 0.341 e. The van der Waals surface area contributed by atoms with Crippen molar-refractivity contribution in [2.45, 2.75) is 13.3 Å². The molecule has 0 spiro atoms. The van der Waals surface area contributed by atoms with E-state index in [9.17, 15) is 9.90 Å². The summed E-state index contributed by atoms with van der Waals surface area (Å²) in [6.45, 7) is 1.87. The highest BCUT2D eigenvalue weighted by Gasteiger charge is 2.21. The lowest BCUT2D eigenvalue weighted by Crippen LogP contribution is -2.01. The van der Waals surface area contributed by atoms with Gasteiger partial charge in [0.25, 0.3) is 0 Å². The zero-order chi connectivity index (χ0) is 17.3. The van der Waals surface area contributed by atoms with Crippen LogP contribution in [0.25, 0.3) is 16.9 Å². The Morgan fingerprint density at radius 3 is 2.58 bits per heavy atom. The second kappa shape index (κ2) is 6.19. The third kappa shape index (κ3) is 2.44. The van der Waals surface area contributed by atoms with Crippen LogP contribution in [0.5, 0.6) is 11.5 Å². The summed E-state index contributed by atoms with van der Waals surface area (Å²) in [6.07, 6.45) is 2.09. The maximum atomic E-state index is 11.6. The molecule has 0 aliphatic heterocycles. The zero-order valence-electron chi connectivity index (χ0n) is 13.6. The van der Waals surface area contributed by atoms with Crippen LogP contribution in [-0.4, -0.2) is 39.9 Å². The lowest BCUT2D eigenvalue weighted by atomic mass is 10.1. The number of aromatic nitrogens is 3. The molecule has 0 saturated carbocycles. The van der Waals surface area contributed by atoms with Gasteiger partial charge in [-0.2, -0.15) is 5.10 Å². The van der Waals surface area contributed by atoms with Crippen LogP contribution in [-0.2, 0) is 6.42 Å². The fourth-order valence-corrected chi connectivity index (χ4v) is 2.67. The molecule has 7 heteroatoms. The minimum absolute atomic E-state index is 0.139. The number of rotatable bonds is 5. The molecule has 0 bridgehead atoms. The first-order chi connectivity index (χ1) is 11.6. The van der Waals surface area contributed by atoms with Crippen LogP contribution >= 0.6 is 0 Å². The van der Waals surface area contributed by atoms with Gasteiger partial charge in [0.1, 0.15) is 5.56 Å². The molecular weight excluding hydrogens is 310 g/mol. The van der Waals surface area contributed by atoms with Gasteiger partial charge >= 0.3 is 5.97 Å². The van der Waals surface area contributed by atoms with Gasteiger partial charge in [0, 0.05) is 11.8 Å². The van der Waals surface area contributed by atoms with E-state index in [2.05, 4.69) is 10.1 Å². The number of carboxylic acid groups (broad SMARTS) is 1. The molecule has 2 heterocycles. The standard InChI is InChI=1S/C17H17N3O4/c1-4-11-15(17(21)22)16-18-8-7-12(20(16)19-11)10-5-6-13(23-2)14(9-10)24-3/h5-9H,4H2,1-3H3,(H,21,22). The van der Waals surface area contributed by atoms with Gasteiger partial charge in [-0.15, -0.1) is 0 Å². The summed E-state index contributed by atoms with van der Waals surface area (Å²) in [5, 5.41) is 13.9. The molecule has 3 rings (SSSR count). The van der Waals surface area contributed by atoms with Crippen molar-refractivity contribution in [2.75, 3.05) is 14.2 Å². The largest absolute Gasteiger partial charge is 0.493 e. The molecule has 124 valence electrons. The smallest absolute Gasteiger partial charge is 0.341 e. The molecule has 2 aromatic heterocycles. The summed E-state index contributed by atoms with van der Waals surface area (Å²) in [6, 6.07) is 7.26. The number of benzene rings is 1. The fraction of sp³-hybridized carbons (Fsp3) is 0.235. The Bertz CT molecular complexity index is 918. The first-order valence-electron chi connectivity index (χ1n) is 7.43. The van der Waals surface area contributed by atoms with Crippen LogP contribution in [0.2, 0.25) is 0 Å². The summed E-state index contributed by atoms with van der Waals surface area (Å²) < 4.78 is 12.1. The number of methoxy groups -OCH3 is 2. The second-order valence-electron chi connectivity index (χ2n) is 5.12. The molecule has 0 amide bonds. The molecule has 3 aromatic rings. The predicted molar refractivity (Wildman–Crippen MR) is 87.9 cm³/mol. The first kappa shape index (κ1) is 15.8. The van der Waals surface area contributed by atoms with Gasteiger partial charge in [-0.05, 0) is 30.7 Å². The summed E-state index contributed by atoms with van der Waals surface area (Å²) in [7, 11) is 3.14. The molecule has 7 nitrogen and oxygen atoms in total. The van der Waals surface area contributed by atoms with Crippen LogP contribution in [0, 0.1) is 0 Å². The van der Waals surface area contributed by atoms with Crippen molar-refractivity contribution in [1.82, 2.24) is 14.6 Å². The highest BCUT2D eigenvalue weighted by molar-refractivity contribution is 5.96. The number of aryl methyl sites for hydroxylation is 1. The van der Waals surface area contributed by atoms with Gasteiger partial charge in [0.2, 0.25) is 0 Å². The number of ether oxygens (including phenoxy) is 2. The monoisotopic (exact) mass is 327 g/mol. The van der Waals surface area contributed by atoms with Crippen molar-refractivity contribution in [3.8, 4) is 22.8 Å². The fourth-order valence-electron chi connectivity index (χ4n) is 2.67. The maximum absolute atomic E-state index is 11.6. The van der Waals surface area contributed by atoms with Crippen LogP contribution in [0.1, 0.15) is 23.0 Å². The molecule has 0 radical (unpaired) electrons. The highest BCUT2D eigenvalue weighted by Crippen LogP contribution is 2.32. The Hall–Kier alpha value is -3.09. The first-order valence-corrected chi connectivity index (χ1v) is 7.43. The normalized spacial score (nSPS) is 10.8. The third-order valence-corrected chi connectivity index (χ3v) is 3.82. The summed E-state index contributed by atoms with van der Waals surface area (Å²) in [5.74, 6) is 0.174. The third-order valence-electron chi connectivity index (χ3n) is 3.82. The average molecular weight is 327 g/mol. The molecule has 1 N–H and O–H groups in total. The number of hydrogen-bond donors (Lipinski definition) is 1. The summed E-state index contributed by atoms with van der Waals surface area (Å²) in [5.41, 5.74) is 2.51. The average Bonchev–Trinajstić information content (AvgIpc) is 2.99. The predicted octanol–water partition coefficient (Wildman–Crippen LogP) is 2.67. The number of nitrogens with zero attached hydrogens (tertiary/aromatic N) is 3. The Morgan fingerprint density at radius 2 is 1.96 bits per heavy atom. The van der Waals surface area contributed by atoms with Crippen LogP contribution < -0.4 is 9.47 Å². The lowest BCUT2D eigenvalue weighted by molar-refractivity contribution is 0.0697. The van der Waals surface area contributed by atoms with Crippen molar-refractivity contribution in [1.29, 1.82) is 0 Å². The number of hydrogen-bond acceptors (Lipinski definition) is 5. The van der Waals surface area contributed by atoms with E-state index in [1.165, 1.54) is 0 Å². The SMILES string of the molecule is CCc1nn2c(-c3ccc(OC)c(OC)c3)ccnc2c1C(=O)O. The van der Waals surface area contributed by atoms with E-state index in [1.807, 2.05) is 19.1 Å². The van der Waals surface area contributed by atoms with E-state index in [1.54, 1.807) is 37.1 Å². The molecule has 0 unspecified atom stereocenters.